The van der Waals surface area contributed by atoms with E-state index in [0.29, 0.717) is 12.3 Å². The molecule has 1 aliphatic carbocycles. The first-order chi connectivity index (χ1) is 10.2. The molecule has 1 saturated carbocycles. The minimum atomic E-state index is -1.38. The van der Waals surface area contributed by atoms with Crippen molar-refractivity contribution in [3.63, 3.8) is 0 Å². The van der Waals surface area contributed by atoms with Gasteiger partial charge in [0.15, 0.2) is 6.10 Å². The van der Waals surface area contributed by atoms with Gasteiger partial charge in [0.2, 0.25) is 0 Å². The summed E-state index contributed by atoms with van der Waals surface area (Å²) >= 11 is 0. The molecular weight excluding hydrogens is 286 g/mol. The highest BCUT2D eigenvalue weighted by atomic mass is 16.6. The van der Waals surface area contributed by atoms with Gasteiger partial charge in [-0.25, -0.2) is 9.59 Å². The van der Waals surface area contributed by atoms with E-state index in [4.69, 9.17) is 4.74 Å². The Morgan fingerprint density at radius 3 is 2.32 bits per heavy atom. The van der Waals surface area contributed by atoms with Crippen molar-refractivity contribution in [2.45, 2.75) is 77.0 Å². The van der Waals surface area contributed by atoms with Crippen LogP contribution < -0.4 is 5.32 Å². The first-order valence-electron chi connectivity index (χ1n) is 7.98. The number of nitrogens with one attached hydrogen (secondary N) is 1. The standard InChI is InChI=1S/C16H29NO5/c1-16(2,3)22-15(20)17-12(13(18)14(19)21-4)10-11-8-6-5-7-9-11/h11-13,18H,5-10H2,1-4H3,(H,17,20). The van der Waals surface area contributed by atoms with Crippen LogP contribution in [0.4, 0.5) is 4.79 Å². The summed E-state index contributed by atoms with van der Waals surface area (Å²) in [5.41, 5.74) is -0.629. The summed E-state index contributed by atoms with van der Waals surface area (Å²) in [5, 5.41) is 12.7. The van der Waals surface area contributed by atoms with Gasteiger partial charge in [0.1, 0.15) is 5.60 Å². The molecule has 1 aliphatic rings. The van der Waals surface area contributed by atoms with Gasteiger partial charge in [-0.3, -0.25) is 0 Å². The summed E-state index contributed by atoms with van der Waals surface area (Å²) in [7, 11) is 1.22. The van der Waals surface area contributed by atoms with Crippen LogP contribution in [-0.2, 0) is 14.3 Å². The first-order valence-corrected chi connectivity index (χ1v) is 7.98. The van der Waals surface area contributed by atoms with Crippen LogP contribution in [0.1, 0.15) is 59.3 Å². The number of rotatable bonds is 5. The molecule has 6 heteroatoms. The van der Waals surface area contributed by atoms with E-state index in [1.807, 2.05) is 0 Å². The summed E-state index contributed by atoms with van der Waals surface area (Å²) in [6.45, 7) is 5.29. The third-order valence-electron chi connectivity index (χ3n) is 3.84. The molecule has 0 aromatic heterocycles. The smallest absolute Gasteiger partial charge is 0.407 e. The zero-order valence-corrected chi connectivity index (χ0v) is 14.1. The van der Waals surface area contributed by atoms with Gasteiger partial charge >= 0.3 is 12.1 Å². The largest absolute Gasteiger partial charge is 0.467 e. The predicted molar refractivity (Wildman–Crippen MR) is 82.4 cm³/mol. The molecule has 0 bridgehead atoms. The number of methoxy groups -OCH3 is 1. The van der Waals surface area contributed by atoms with Gasteiger partial charge < -0.3 is 19.9 Å². The van der Waals surface area contributed by atoms with Crippen molar-refractivity contribution in [3.8, 4) is 0 Å². The Balaban J connectivity index is 2.68. The molecule has 0 aromatic rings. The first kappa shape index (κ1) is 18.7. The Kier molecular flexibility index (Phi) is 7.13. The van der Waals surface area contributed by atoms with Crippen molar-refractivity contribution in [1.82, 2.24) is 5.32 Å². The molecule has 22 heavy (non-hydrogen) atoms. The highest BCUT2D eigenvalue weighted by molar-refractivity contribution is 5.76. The second-order valence-corrected chi connectivity index (χ2v) is 6.96. The predicted octanol–water partition coefficient (Wildman–Crippen LogP) is 2.38. The topological polar surface area (TPSA) is 84.9 Å². The van der Waals surface area contributed by atoms with Gasteiger partial charge in [-0.2, -0.15) is 0 Å². The molecule has 0 spiro atoms. The van der Waals surface area contributed by atoms with E-state index in [-0.39, 0.29) is 0 Å². The fourth-order valence-corrected chi connectivity index (χ4v) is 2.79. The molecule has 128 valence electrons. The minimum Gasteiger partial charge on any atom is -0.467 e. The summed E-state index contributed by atoms with van der Waals surface area (Å²) in [4.78, 5) is 23.5. The van der Waals surface area contributed by atoms with Gasteiger partial charge in [0.25, 0.3) is 0 Å². The van der Waals surface area contributed by atoms with Crippen LogP contribution in [0.3, 0.4) is 0 Å². The molecular formula is C16H29NO5. The van der Waals surface area contributed by atoms with Crippen LogP contribution in [0.2, 0.25) is 0 Å². The highest BCUT2D eigenvalue weighted by Gasteiger charge is 2.32. The van der Waals surface area contributed by atoms with Gasteiger partial charge in [0.05, 0.1) is 13.2 Å². The summed E-state index contributed by atoms with van der Waals surface area (Å²) in [6.07, 6.45) is 4.18. The molecule has 0 radical (unpaired) electrons. The maximum atomic E-state index is 11.9. The number of amides is 1. The van der Waals surface area contributed by atoms with Crippen LogP contribution in [0.15, 0.2) is 0 Å². The summed E-state index contributed by atoms with van der Waals surface area (Å²) < 4.78 is 9.79. The van der Waals surface area contributed by atoms with Crippen molar-refractivity contribution < 1.29 is 24.2 Å². The molecule has 0 saturated heterocycles. The Morgan fingerprint density at radius 2 is 1.82 bits per heavy atom. The van der Waals surface area contributed by atoms with Gasteiger partial charge in [-0.1, -0.05) is 32.1 Å². The lowest BCUT2D eigenvalue weighted by atomic mass is 9.83. The lowest BCUT2D eigenvalue weighted by Crippen LogP contribution is -2.49. The molecule has 2 N–H and O–H groups in total. The van der Waals surface area contributed by atoms with E-state index in [9.17, 15) is 14.7 Å². The van der Waals surface area contributed by atoms with Crippen LogP contribution in [0.5, 0.6) is 0 Å². The number of esters is 1. The number of hydrogen-bond donors (Lipinski definition) is 2. The quantitative estimate of drug-likeness (QED) is 0.761. The number of hydrogen-bond acceptors (Lipinski definition) is 5. The Bertz CT molecular complexity index is 371. The minimum absolute atomic E-state index is 0.396. The van der Waals surface area contributed by atoms with Crippen molar-refractivity contribution in [2.24, 2.45) is 5.92 Å². The fraction of sp³-hybridized carbons (Fsp3) is 0.875. The van der Waals surface area contributed by atoms with E-state index >= 15 is 0 Å². The molecule has 2 unspecified atom stereocenters. The average Bonchev–Trinajstić information content (AvgIpc) is 2.44. The average molecular weight is 315 g/mol. The molecule has 6 nitrogen and oxygen atoms in total. The number of ether oxygens (including phenoxy) is 2. The SMILES string of the molecule is COC(=O)C(O)C(CC1CCCCC1)NC(=O)OC(C)(C)C. The number of carbonyl (C=O) groups is 2. The third-order valence-corrected chi connectivity index (χ3v) is 3.84. The molecule has 0 aromatic carbocycles. The zero-order chi connectivity index (χ0) is 16.8. The molecule has 0 heterocycles. The number of carbonyl (C=O) groups excluding carboxylic acids is 2. The van der Waals surface area contributed by atoms with Crippen molar-refractivity contribution in [2.75, 3.05) is 7.11 Å². The second-order valence-electron chi connectivity index (χ2n) is 6.96. The van der Waals surface area contributed by atoms with Gasteiger partial charge in [-0.05, 0) is 33.1 Å². The molecule has 0 aliphatic heterocycles. The Morgan fingerprint density at radius 1 is 1.23 bits per heavy atom. The maximum Gasteiger partial charge on any atom is 0.407 e. The van der Waals surface area contributed by atoms with Crippen LogP contribution in [0, 0.1) is 5.92 Å². The number of aliphatic hydroxyl groups excluding tert-OH is 1. The molecule has 1 fully saturated rings. The van der Waals surface area contributed by atoms with E-state index in [2.05, 4.69) is 10.1 Å². The Hall–Kier alpha value is -1.30. The van der Waals surface area contributed by atoms with Gasteiger partial charge in [-0.15, -0.1) is 0 Å². The number of alkyl carbamates (subject to hydrolysis) is 1. The second kappa shape index (κ2) is 8.36. The molecule has 1 rings (SSSR count). The van der Waals surface area contributed by atoms with Crippen molar-refractivity contribution in [1.29, 1.82) is 0 Å². The molecule has 1 amide bonds. The maximum absolute atomic E-state index is 11.9. The van der Waals surface area contributed by atoms with E-state index in [0.717, 1.165) is 25.7 Å². The Labute approximate surface area is 132 Å². The lowest BCUT2D eigenvalue weighted by Gasteiger charge is -2.30. The third kappa shape index (κ3) is 6.64. The lowest BCUT2D eigenvalue weighted by molar-refractivity contribution is -0.152. The number of aliphatic hydroxyl groups is 1. The van der Waals surface area contributed by atoms with Crippen molar-refractivity contribution in [3.05, 3.63) is 0 Å². The van der Waals surface area contributed by atoms with Crippen molar-refractivity contribution >= 4 is 12.1 Å². The zero-order valence-electron chi connectivity index (χ0n) is 14.1. The molecule has 2 atom stereocenters. The monoisotopic (exact) mass is 315 g/mol. The summed E-state index contributed by atoms with van der Waals surface area (Å²) in [6, 6.07) is -0.689. The van der Waals surface area contributed by atoms with Gasteiger partial charge in [0, 0.05) is 0 Å². The van der Waals surface area contributed by atoms with Crippen LogP contribution in [-0.4, -0.2) is 42.0 Å². The highest BCUT2D eigenvalue weighted by Crippen LogP contribution is 2.28. The summed E-state index contributed by atoms with van der Waals surface area (Å²) in [5.74, 6) is -0.343. The normalized spacial score (nSPS) is 19.1. The van der Waals surface area contributed by atoms with E-state index < -0.39 is 29.8 Å². The van der Waals surface area contributed by atoms with E-state index in [1.165, 1.54) is 13.5 Å². The fourth-order valence-electron chi connectivity index (χ4n) is 2.79. The van der Waals surface area contributed by atoms with Crippen LogP contribution >= 0.6 is 0 Å². The van der Waals surface area contributed by atoms with Crippen LogP contribution in [0.25, 0.3) is 0 Å². The van der Waals surface area contributed by atoms with E-state index in [1.54, 1.807) is 20.8 Å².